The molecule has 24 heavy (non-hydrogen) atoms. The van der Waals surface area contributed by atoms with Gasteiger partial charge in [0, 0.05) is 43.0 Å². The zero-order valence-electron chi connectivity index (χ0n) is 12.8. The summed E-state index contributed by atoms with van der Waals surface area (Å²) in [5.74, 6) is -0.413. The van der Waals surface area contributed by atoms with E-state index in [0.29, 0.717) is 17.8 Å². The summed E-state index contributed by atoms with van der Waals surface area (Å²) in [6.45, 7) is 0.554. The number of carbonyl (C=O) groups excluding carboxylic acids is 1. The fourth-order valence-corrected chi connectivity index (χ4v) is 5.88. The quantitative estimate of drug-likeness (QED) is 0.767. The van der Waals surface area contributed by atoms with Gasteiger partial charge in [0.05, 0.1) is 28.5 Å². The third-order valence-electron chi connectivity index (χ3n) is 4.85. The number of hydrogen-bond donors (Lipinski definition) is 2. The molecule has 0 aromatic carbocycles. The van der Waals surface area contributed by atoms with Gasteiger partial charge in [0.25, 0.3) is 5.91 Å². The van der Waals surface area contributed by atoms with E-state index in [2.05, 4.69) is 15.2 Å². The van der Waals surface area contributed by atoms with E-state index in [1.807, 2.05) is 6.07 Å². The van der Waals surface area contributed by atoms with Crippen LogP contribution in [0.1, 0.15) is 10.4 Å². The van der Waals surface area contributed by atoms with Crippen molar-refractivity contribution in [2.24, 2.45) is 11.7 Å². The number of amides is 1. The van der Waals surface area contributed by atoms with E-state index in [0.717, 1.165) is 5.56 Å². The molecule has 0 spiro atoms. The molecule has 3 N–H and O–H groups in total. The lowest BCUT2D eigenvalue weighted by Gasteiger charge is -2.18. The van der Waals surface area contributed by atoms with Gasteiger partial charge in [-0.15, -0.1) is 0 Å². The van der Waals surface area contributed by atoms with E-state index in [1.54, 1.807) is 23.4 Å². The number of H-pyrrole nitrogens is 1. The average Bonchev–Trinajstić information content (AvgIpc) is 3.25. The Kier molecular flexibility index (Phi) is 3.43. The van der Waals surface area contributed by atoms with Crippen molar-refractivity contribution in [3.05, 3.63) is 36.3 Å². The van der Waals surface area contributed by atoms with Crippen LogP contribution >= 0.6 is 0 Å². The van der Waals surface area contributed by atoms with Gasteiger partial charge < -0.3 is 10.6 Å². The molecule has 4 heterocycles. The van der Waals surface area contributed by atoms with Gasteiger partial charge >= 0.3 is 0 Å². The monoisotopic (exact) mass is 347 g/mol. The molecule has 0 saturated carbocycles. The van der Waals surface area contributed by atoms with Crippen LogP contribution in [-0.4, -0.2) is 64.5 Å². The molecule has 0 aliphatic carbocycles. The summed E-state index contributed by atoms with van der Waals surface area (Å²) in [6.07, 6.45) is 4.76. The number of hydrogen-bond acceptors (Lipinski definition) is 6. The maximum Gasteiger partial charge on any atom is 0.257 e. The zero-order chi connectivity index (χ0) is 16.9. The number of nitrogens with two attached hydrogens (primary N) is 1. The summed E-state index contributed by atoms with van der Waals surface area (Å²) in [4.78, 5) is 18.5. The van der Waals surface area contributed by atoms with Gasteiger partial charge in [-0.2, -0.15) is 5.10 Å². The topological polar surface area (TPSA) is 122 Å². The van der Waals surface area contributed by atoms with E-state index >= 15 is 0 Å². The van der Waals surface area contributed by atoms with Crippen LogP contribution in [0.5, 0.6) is 0 Å². The molecule has 0 unspecified atom stereocenters. The molecular weight excluding hydrogens is 330 g/mol. The molecule has 2 aromatic heterocycles. The maximum atomic E-state index is 12.9. The van der Waals surface area contributed by atoms with Crippen LogP contribution in [0.3, 0.4) is 0 Å². The molecule has 2 saturated heterocycles. The molecule has 8 nitrogen and oxygen atoms in total. The second-order valence-electron chi connectivity index (χ2n) is 6.31. The second-order valence-corrected chi connectivity index (χ2v) is 8.57. The SMILES string of the molecule is N[C@@H]1CS(=O)(=O)[C@H]2CN(C(=O)c3cn[nH]c3-c3cccnc3)C[C@@H]12. The van der Waals surface area contributed by atoms with E-state index < -0.39 is 21.1 Å². The Hall–Kier alpha value is -2.26. The van der Waals surface area contributed by atoms with Gasteiger partial charge in [0.15, 0.2) is 9.84 Å². The summed E-state index contributed by atoms with van der Waals surface area (Å²) in [5, 5.41) is 6.23. The number of carbonyl (C=O) groups is 1. The summed E-state index contributed by atoms with van der Waals surface area (Å²) >= 11 is 0. The first-order chi connectivity index (χ1) is 11.5. The Labute approximate surface area is 139 Å². The Morgan fingerprint density at radius 3 is 2.88 bits per heavy atom. The highest BCUT2D eigenvalue weighted by Crippen LogP contribution is 2.34. The Morgan fingerprint density at radius 1 is 1.33 bits per heavy atom. The van der Waals surface area contributed by atoms with Crippen molar-refractivity contribution in [3.63, 3.8) is 0 Å². The van der Waals surface area contributed by atoms with Crippen molar-refractivity contribution in [3.8, 4) is 11.3 Å². The van der Waals surface area contributed by atoms with Crippen molar-refractivity contribution >= 4 is 15.7 Å². The second kappa shape index (κ2) is 5.38. The number of pyridine rings is 1. The minimum atomic E-state index is -3.22. The highest BCUT2D eigenvalue weighted by molar-refractivity contribution is 7.92. The first kappa shape index (κ1) is 15.3. The predicted octanol–water partition coefficient (Wildman–Crippen LogP) is -0.332. The van der Waals surface area contributed by atoms with Crippen LogP contribution in [0.15, 0.2) is 30.7 Å². The highest BCUT2D eigenvalue weighted by Gasteiger charge is 2.51. The summed E-state index contributed by atoms with van der Waals surface area (Å²) < 4.78 is 24.3. The predicted molar refractivity (Wildman–Crippen MR) is 86.8 cm³/mol. The number of nitrogens with one attached hydrogen (secondary N) is 1. The van der Waals surface area contributed by atoms with Crippen LogP contribution in [0, 0.1) is 5.92 Å². The molecule has 1 amide bonds. The Bertz CT molecular complexity index is 880. The molecule has 2 fully saturated rings. The molecule has 0 bridgehead atoms. The van der Waals surface area contributed by atoms with Crippen molar-refractivity contribution in [1.29, 1.82) is 0 Å². The lowest BCUT2D eigenvalue weighted by atomic mass is 10.0. The largest absolute Gasteiger partial charge is 0.337 e. The van der Waals surface area contributed by atoms with Crippen molar-refractivity contribution in [1.82, 2.24) is 20.1 Å². The zero-order valence-corrected chi connectivity index (χ0v) is 13.6. The summed E-state index contributed by atoms with van der Waals surface area (Å²) in [5.41, 5.74) is 7.70. The lowest BCUT2D eigenvalue weighted by Crippen LogP contribution is -2.35. The first-order valence-corrected chi connectivity index (χ1v) is 9.39. The van der Waals surface area contributed by atoms with E-state index in [4.69, 9.17) is 5.73 Å². The minimum Gasteiger partial charge on any atom is -0.337 e. The molecule has 0 radical (unpaired) electrons. The average molecular weight is 347 g/mol. The van der Waals surface area contributed by atoms with E-state index in [9.17, 15) is 13.2 Å². The fraction of sp³-hybridized carbons (Fsp3) is 0.400. The fourth-order valence-electron chi connectivity index (χ4n) is 3.62. The Balaban J connectivity index is 1.62. The normalized spacial score (nSPS) is 28.0. The molecule has 126 valence electrons. The third-order valence-corrected chi connectivity index (χ3v) is 7.12. The molecule has 2 aliphatic rings. The number of likely N-dealkylation sites (tertiary alicyclic amines) is 1. The highest BCUT2D eigenvalue weighted by atomic mass is 32.2. The van der Waals surface area contributed by atoms with Crippen molar-refractivity contribution in [2.75, 3.05) is 18.8 Å². The van der Waals surface area contributed by atoms with Crippen LogP contribution in [0.25, 0.3) is 11.3 Å². The van der Waals surface area contributed by atoms with Gasteiger partial charge in [0.2, 0.25) is 0 Å². The third kappa shape index (κ3) is 2.31. The van der Waals surface area contributed by atoms with Crippen LogP contribution in [0.2, 0.25) is 0 Å². The smallest absolute Gasteiger partial charge is 0.257 e. The number of aromatic nitrogens is 3. The minimum absolute atomic E-state index is 0.0109. The number of aromatic amines is 1. The molecular formula is C15H17N5O3S. The van der Waals surface area contributed by atoms with Gasteiger partial charge in [-0.25, -0.2) is 8.42 Å². The number of fused-ring (bicyclic) bond motifs is 1. The molecule has 3 atom stereocenters. The number of nitrogens with zero attached hydrogens (tertiary/aromatic N) is 3. The van der Waals surface area contributed by atoms with Crippen LogP contribution < -0.4 is 5.73 Å². The molecule has 2 aliphatic heterocycles. The van der Waals surface area contributed by atoms with E-state index in [-0.39, 0.29) is 24.1 Å². The van der Waals surface area contributed by atoms with Crippen LogP contribution in [0.4, 0.5) is 0 Å². The van der Waals surface area contributed by atoms with Gasteiger partial charge in [-0.05, 0) is 12.1 Å². The van der Waals surface area contributed by atoms with Gasteiger partial charge in [-0.3, -0.25) is 14.9 Å². The van der Waals surface area contributed by atoms with Crippen molar-refractivity contribution in [2.45, 2.75) is 11.3 Å². The number of sulfone groups is 1. The summed E-state index contributed by atoms with van der Waals surface area (Å²) in [7, 11) is -3.22. The molecule has 4 rings (SSSR count). The standard InChI is InChI=1S/C15H17N5O3S/c16-12-8-24(22,23)13-7-20(6-11(12)13)15(21)10-5-18-19-14(10)9-2-1-3-17-4-9/h1-5,11-13H,6-8,16H2,(H,18,19)/t11-,12+,13-/m0/s1. The summed E-state index contributed by atoms with van der Waals surface area (Å²) in [6, 6.07) is 3.20. The maximum absolute atomic E-state index is 12.9. The number of rotatable bonds is 2. The van der Waals surface area contributed by atoms with Gasteiger partial charge in [-0.1, -0.05) is 0 Å². The van der Waals surface area contributed by atoms with Crippen LogP contribution in [-0.2, 0) is 9.84 Å². The van der Waals surface area contributed by atoms with Crippen molar-refractivity contribution < 1.29 is 13.2 Å². The molecule has 9 heteroatoms. The molecule has 2 aromatic rings. The first-order valence-electron chi connectivity index (χ1n) is 7.67. The lowest BCUT2D eigenvalue weighted by molar-refractivity contribution is 0.0786. The van der Waals surface area contributed by atoms with Gasteiger partial charge in [0.1, 0.15) is 0 Å². The van der Waals surface area contributed by atoms with E-state index in [1.165, 1.54) is 6.20 Å². The Morgan fingerprint density at radius 2 is 2.17 bits per heavy atom.